The summed E-state index contributed by atoms with van der Waals surface area (Å²) in [6.45, 7) is 4.28. The molecule has 0 fully saturated rings. The highest BCUT2D eigenvalue weighted by Gasteiger charge is 2.11. The zero-order valence-corrected chi connectivity index (χ0v) is 14.1. The minimum atomic E-state index is -0.257. The van der Waals surface area contributed by atoms with Crippen molar-refractivity contribution in [2.24, 2.45) is 0 Å². The quantitative estimate of drug-likeness (QED) is 0.582. The molecule has 0 unspecified atom stereocenters. The summed E-state index contributed by atoms with van der Waals surface area (Å²) in [5, 5.41) is 4.74. The van der Waals surface area contributed by atoms with E-state index in [4.69, 9.17) is 4.74 Å². The van der Waals surface area contributed by atoms with Crippen LogP contribution in [0.1, 0.15) is 54.0 Å². The molecule has 0 atom stereocenters. The van der Waals surface area contributed by atoms with Crippen molar-refractivity contribution in [3.05, 3.63) is 40.9 Å². The molecule has 2 rings (SSSR count). The van der Waals surface area contributed by atoms with E-state index >= 15 is 0 Å². The van der Waals surface area contributed by atoms with E-state index in [0.29, 0.717) is 23.0 Å². The number of benzene rings is 1. The van der Waals surface area contributed by atoms with Crippen LogP contribution < -0.4 is 10.1 Å². The first-order valence-corrected chi connectivity index (χ1v) is 8.48. The van der Waals surface area contributed by atoms with Crippen LogP contribution in [0.5, 0.6) is 5.75 Å². The van der Waals surface area contributed by atoms with Gasteiger partial charge in [0, 0.05) is 17.9 Å². The van der Waals surface area contributed by atoms with Gasteiger partial charge in [0.1, 0.15) is 11.4 Å². The van der Waals surface area contributed by atoms with Gasteiger partial charge in [0.15, 0.2) is 10.9 Å². The van der Waals surface area contributed by atoms with Gasteiger partial charge in [-0.15, -0.1) is 11.3 Å². The molecular weight excluding hydrogens is 312 g/mol. The molecule has 23 heavy (non-hydrogen) atoms. The maximum absolute atomic E-state index is 12.1. The first-order valence-electron chi connectivity index (χ1n) is 7.61. The SMILES string of the molecule is CCCCCOc1ccc(C(=O)Nc2nc(C(C)=O)cs2)cc1. The molecule has 1 N–H and O–H groups in total. The van der Waals surface area contributed by atoms with Gasteiger partial charge in [-0.1, -0.05) is 19.8 Å². The van der Waals surface area contributed by atoms with Gasteiger partial charge < -0.3 is 4.74 Å². The minimum absolute atomic E-state index is 0.119. The molecule has 2 aromatic rings. The summed E-state index contributed by atoms with van der Waals surface area (Å²) < 4.78 is 5.61. The van der Waals surface area contributed by atoms with Crippen molar-refractivity contribution in [1.82, 2.24) is 4.98 Å². The topological polar surface area (TPSA) is 68.3 Å². The van der Waals surface area contributed by atoms with E-state index in [1.165, 1.54) is 18.3 Å². The van der Waals surface area contributed by atoms with Crippen LogP contribution in [0.3, 0.4) is 0 Å². The number of unbranched alkanes of at least 4 members (excludes halogenated alkanes) is 2. The van der Waals surface area contributed by atoms with Crippen LogP contribution in [0.2, 0.25) is 0 Å². The van der Waals surface area contributed by atoms with Crippen LogP contribution >= 0.6 is 11.3 Å². The molecule has 1 aromatic heterocycles. The molecule has 0 saturated carbocycles. The first-order chi connectivity index (χ1) is 11.1. The highest BCUT2D eigenvalue weighted by Crippen LogP contribution is 2.18. The van der Waals surface area contributed by atoms with Crippen LogP contribution in [0.4, 0.5) is 5.13 Å². The van der Waals surface area contributed by atoms with Gasteiger partial charge in [0.05, 0.1) is 6.61 Å². The third-order valence-corrected chi connectivity index (χ3v) is 3.98. The van der Waals surface area contributed by atoms with E-state index < -0.39 is 0 Å². The van der Waals surface area contributed by atoms with Crippen LogP contribution in [0, 0.1) is 0 Å². The Bertz CT molecular complexity index is 665. The average molecular weight is 332 g/mol. The van der Waals surface area contributed by atoms with Crippen molar-refractivity contribution in [2.75, 3.05) is 11.9 Å². The number of thiazole rings is 1. The Morgan fingerprint density at radius 3 is 2.57 bits per heavy atom. The predicted octanol–water partition coefficient (Wildman–Crippen LogP) is 4.17. The molecule has 0 radical (unpaired) electrons. The lowest BCUT2D eigenvalue weighted by Gasteiger charge is -2.06. The molecule has 0 aliphatic heterocycles. The number of hydrogen-bond donors (Lipinski definition) is 1. The summed E-state index contributed by atoms with van der Waals surface area (Å²) in [6.07, 6.45) is 3.34. The van der Waals surface area contributed by atoms with E-state index in [2.05, 4.69) is 17.2 Å². The summed E-state index contributed by atoms with van der Waals surface area (Å²) in [4.78, 5) is 27.4. The number of anilines is 1. The standard InChI is InChI=1S/C17H20N2O3S/c1-3-4-5-10-22-14-8-6-13(7-9-14)16(21)19-17-18-15(11-23-17)12(2)20/h6-9,11H,3-5,10H2,1-2H3,(H,18,19,21). The number of amides is 1. The van der Waals surface area contributed by atoms with Gasteiger partial charge in [-0.3, -0.25) is 14.9 Å². The smallest absolute Gasteiger partial charge is 0.257 e. The number of nitrogens with one attached hydrogen (secondary N) is 1. The minimum Gasteiger partial charge on any atom is -0.494 e. The molecule has 0 spiro atoms. The van der Waals surface area contributed by atoms with Crippen molar-refractivity contribution in [1.29, 1.82) is 0 Å². The van der Waals surface area contributed by atoms with Crippen LogP contribution in [-0.2, 0) is 0 Å². The zero-order chi connectivity index (χ0) is 16.7. The monoisotopic (exact) mass is 332 g/mol. The van der Waals surface area contributed by atoms with Crippen molar-refractivity contribution < 1.29 is 14.3 Å². The van der Waals surface area contributed by atoms with E-state index in [9.17, 15) is 9.59 Å². The van der Waals surface area contributed by atoms with Gasteiger partial charge in [-0.25, -0.2) is 4.98 Å². The number of nitrogens with zero attached hydrogens (tertiary/aromatic N) is 1. The molecule has 0 saturated heterocycles. The Morgan fingerprint density at radius 1 is 1.22 bits per heavy atom. The maximum atomic E-state index is 12.1. The summed E-state index contributed by atoms with van der Waals surface area (Å²) in [7, 11) is 0. The number of Topliss-reactive ketones (excluding diaryl/α,β-unsaturated/α-hetero) is 1. The van der Waals surface area contributed by atoms with Gasteiger partial charge in [-0.05, 0) is 30.7 Å². The molecule has 5 nitrogen and oxygen atoms in total. The second kappa shape index (κ2) is 8.43. The largest absolute Gasteiger partial charge is 0.494 e. The Hall–Kier alpha value is -2.21. The molecular formula is C17H20N2O3S. The molecule has 0 aliphatic rings. The van der Waals surface area contributed by atoms with Gasteiger partial charge in [-0.2, -0.15) is 0 Å². The van der Waals surface area contributed by atoms with Crippen LogP contribution in [0.25, 0.3) is 0 Å². The third kappa shape index (κ3) is 5.17. The van der Waals surface area contributed by atoms with E-state index in [1.807, 2.05) is 0 Å². The van der Waals surface area contributed by atoms with Crippen molar-refractivity contribution >= 4 is 28.2 Å². The van der Waals surface area contributed by atoms with Crippen molar-refractivity contribution in [3.63, 3.8) is 0 Å². The van der Waals surface area contributed by atoms with E-state index in [0.717, 1.165) is 25.0 Å². The molecule has 6 heteroatoms. The fraction of sp³-hybridized carbons (Fsp3) is 0.353. The van der Waals surface area contributed by atoms with Gasteiger partial charge in [0.2, 0.25) is 0 Å². The Morgan fingerprint density at radius 2 is 1.96 bits per heavy atom. The molecule has 1 heterocycles. The molecule has 0 aliphatic carbocycles. The maximum Gasteiger partial charge on any atom is 0.257 e. The van der Waals surface area contributed by atoms with Crippen LogP contribution in [0.15, 0.2) is 29.6 Å². The predicted molar refractivity (Wildman–Crippen MR) is 91.5 cm³/mol. The first kappa shape index (κ1) is 17.1. The number of hydrogen-bond acceptors (Lipinski definition) is 5. The second-order valence-electron chi connectivity index (χ2n) is 5.13. The highest BCUT2D eigenvalue weighted by atomic mass is 32.1. The number of aromatic nitrogens is 1. The lowest BCUT2D eigenvalue weighted by Crippen LogP contribution is -2.11. The molecule has 0 bridgehead atoms. The van der Waals surface area contributed by atoms with E-state index in [-0.39, 0.29) is 11.7 Å². The Labute approximate surface area is 139 Å². The number of ketones is 1. The van der Waals surface area contributed by atoms with Crippen molar-refractivity contribution in [3.8, 4) is 5.75 Å². The van der Waals surface area contributed by atoms with Crippen molar-refractivity contribution in [2.45, 2.75) is 33.1 Å². The summed E-state index contributed by atoms with van der Waals surface area (Å²) >= 11 is 1.23. The Kier molecular flexibility index (Phi) is 6.29. The number of carbonyl (C=O) groups excluding carboxylic acids is 2. The zero-order valence-electron chi connectivity index (χ0n) is 13.3. The van der Waals surface area contributed by atoms with E-state index in [1.54, 1.807) is 29.6 Å². The Balaban J connectivity index is 1.90. The lowest BCUT2D eigenvalue weighted by atomic mass is 10.2. The number of rotatable bonds is 8. The summed E-state index contributed by atoms with van der Waals surface area (Å²) in [5.41, 5.74) is 0.881. The van der Waals surface area contributed by atoms with Gasteiger partial charge in [0.25, 0.3) is 5.91 Å². The highest BCUT2D eigenvalue weighted by molar-refractivity contribution is 7.14. The summed E-state index contributed by atoms with van der Waals surface area (Å²) in [5.74, 6) is 0.379. The van der Waals surface area contributed by atoms with Crippen LogP contribution in [-0.4, -0.2) is 23.3 Å². The normalized spacial score (nSPS) is 10.3. The lowest BCUT2D eigenvalue weighted by molar-refractivity contribution is 0.100. The molecule has 1 amide bonds. The summed E-state index contributed by atoms with van der Waals surface area (Å²) in [6, 6.07) is 6.99. The number of carbonyl (C=O) groups is 2. The van der Waals surface area contributed by atoms with Gasteiger partial charge >= 0.3 is 0 Å². The molecule has 1 aromatic carbocycles. The average Bonchev–Trinajstić information content (AvgIpc) is 3.01. The third-order valence-electron chi connectivity index (χ3n) is 3.22. The molecule has 122 valence electrons. The fourth-order valence-electron chi connectivity index (χ4n) is 1.91. The second-order valence-corrected chi connectivity index (χ2v) is 5.99. The number of ether oxygens (including phenoxy) is 1. The fourth-order valence-corrected chi connectivity index (χ4v) is 2.65.